The first-order valence-corrected chi connectivity index (χ1v) is 6.96. The van der Waals surface area contributed by atoms with Gasteiger partial charge in [0.1, 0.15) is 0 Å². The second-order valence-corrected chi connectivity index (χ2v) is 5.19. The van der Waals surface area contributed by atoms with E-state index >= 15 is 0 Å². The zero-order chi connectivity index (χ0) is 13.7. The van der Waals surface area contributed by atoms with Crippen molar-refractivity contribution in [2.45, 2.75) is 18.9 Å². The van der Waals surface area contributed by atoms with Gasteiger partial charge in [0.2, 0.25) is 5.91 Å². The lowest BCUT2D eigenvalue weighted by Gasteiger charge is -2.30. The molecule has 1 aromatic rings. The zero-order valence-corrected chi connectivity index (χ0v) is 11.9. The molecule has 0 spiro atoms. The predicted octanol–water partition coefficient (Wildman–Crippen LogP) is 2.56. The van der Waals surface area contributed by atoms with Crippen LogP contribution in [-0.2, 0) is 4.79 Å². The number of benzene rings is 1. The number of hydrogen-bond acceptors (Lipinski definition) is 2. The molecule has 1 N–H and O–H groups in total. The van der Waals surface area contributed by atoms with Gasteiger partial charge >= 0.3 is 0 Å². The largest absolute Gasteiger partial charge is 0.339 e. The second kappa shape index (κ2) is 6.73. The van der Waals surface area contributed by atoms with Crippen LogP contribution in [0.1, 0.15) is 18.4 Å². The van der Waals surface area contributed by atoms with Gasteiger partial charge in [-0.25, -0.2) is 0 Å². The van der Waals surface area contributed by atoms with Gasteiger partial charge in [-0.15, -0.1) is 0 Å². The third-order valence-electron chi connectivity index (χ3n) is 3.51. The van der Waals surface area contributed by atoms with E-state index in [1.807, 2.05) is 36.2 Å². The summed E-state index contributed by atoms with van der Waals surface area (Å²) in [5.41, 5.74) is 0.872. The Morgan fingerprint density at radius 2 is 2.05 bits per heavy atom. The molecular weight excluding hydrogens is 260 g/mol. The fraction of sp³-hybridized carbons (Fsp3) is 0.400. The normalized spacial score (nSPS) is 16.7. The van der Waals surface area contributed by atoms with Crippen LogP contribution in [0.25, 0.3) is 6.08 Å². The maximum Gasteiger partial charge on any atom is 0.246 e. The van der Waals surface area contributed by atoms with Gasteiger partial charge in [0, 0.05) is 24.2 Å². The summed E-state index contributed by atoms with van der Waals surface area (Å²) in [7, 11) is 1.87. The van der Waals surface area contributed by atoms with Crippen LogP contribution in [0, 0.1) is 0 Å². The first kappa shape index (κ1) is 14.1. The minimum Gasteiger partial charge on any atom is -0.339 e. The monoisotopic (exact) mass is 278 g/mol. The summed E-state index contributed by atoms with van der Waals surface area (Å²) in [6.07, 6.45) is 5.41. The Morgan fingerprint density at radius 3 is 2.74 bits per heavy atom. The summed E-state index contributed by atoms with van der Waals surface area (Å²) in [5, 5.41) is 3.96. The fourth-order valence-electron chi connectivity index (χ4n) is 2.26. The molecule has 0 radical (unpaired) electrons. The predicted molar refractivity (Wildman–Crippen MR) is 79.1 cm³/mol. The Hall–Kier alpha value is -1.32. The smallest absolute Gasteiger partial charge is 0.246 e. The molecule has 19 heavy (non-hydrogen) atoms. The van der Waals surface area contributed by atoms with Crippen molar-refractivity contribution >= 4 is 23.6 Å². The summed E-state index contributed by atoms with van der Waals surface area (Å²) in [6, 6.07) is 7.85. The Kier molecular flexibility index (Phi) is 5.00. The van der Waals surface area contributed by atoms with Crippen molar-refractivity contribution in [2.75, 3.05) is 20.1 Å². The number of nitrogens with zero attached hydrogens (tertiary/aromatic N) is 1. The molecule has 2 rings (SSSR count). The van der Waals surface area contributed by atoms with Gasteiger partial charge in [-0.05, 0) is 43.6 Å². The Bertz CT molecular complexity index is 467. The highest BCUT2D eigenvalue weighted by atomic mass is 35.5. The van der Waals surface area contributed by atoms with E-state index in [-0.39, 0.29) is 5.91 Å². The zero-order valence-electron chi connectivity index (χ0n) is 11.1. The molecule has 1 aliphatic heterocycles. The molecule has 4 heteroatoms. The SMILES string of the molecule is CN(C(=O)C=Cc1ccccc1Cl)C1CCNCC1. The Labute approximate surface area is 119 Å². The van der Waals surface area contributed by atoms with Crippen LogP contribution in [0.3, 0.4) is 0 Å². The van der Waals surface area contributed by atoms with Crippen molar-refractivity contribution in [1.29, 1.82) is 0 Å². The fourth-order valence-corrected chi connectivity index (χ4v) is 2.46. The third-order valence-corrected chi connectivity index (χ3v) is 3.86. The number of rotatable bonds is 3. The van der Waals surface area contributed by atoms with Crippen LogP contribution in [0.2, 0.25) is 5.02 Å². The van der Waals surface area contributed by atoms with Crippen LogP contribution in [-0.4, -0.2) is 37.0 Å². The average molecular weight is 279 g/mol. The van der Waals surface area contributed by atoms with E-state index in [4.69, 9.17) is 11.6 Å². The highest BCUT2D eigenvalue weighted by Gasteiger charge is 2.20. The molecule has 1 fully saturated rings. The van der Waals surface area contributed by atoms with Gasteiger partial charge in [-0.1, -0.05) is 29.8 Å². The molecule has 0 bridgehead atoms. The van der Waals surface area contributed by atoms with E-state index in [2.05, 4.69) is 5.32 Å². The van der Waals surface area contributed by atoms with Gasteiger partial charge in [-0.2, -0.15) is 0 Å². The summed E-state index contributed by atoms with van der Waals surface area (Å²) in [5.74, 6) is 0.0341. The van der Waals surface area contributed by atoms with Crippen molar-refractivity contribution < 1.29 is 4.79 Å². The van der Waals surface area contributed by atoms with Crippen LogP contribution in [0.15, 0.2) is 30.3 Å². The molecule has 102 valence electrons. The van der Waals surface area contributed by atoms with Crippen molar-refractivity contribution in [1.82, 2.24) is 10.2 Å². The maximum atomic E-state index is 12.1. The first-order chi connectivity index (χ1) is 9.18. The highest BCUT2D eigenvalue weighted by Crippen LogP contribution is 2.17. The lowest BCUT2D eigenvalue weighted by atomic mass is 10.1. The van der Waals surface area contributed by atoms with Crippen molar-refractivity contribution in [3.63, 3.8) is 0 Å². The van der Waals surface area contributed by atoms with Crippen molar-refractivity contribution in [3.05, 3.63) is 40.9 Å². The minimum absolute atomic E-state index is 0.0341. The molecule has 0 atom stereocenters. The lowest BCUT2D eigenvalue weighted by Crippen LogP contribution is -2.43. The van der Waals surface area contributed by atoms with Gasteiger partial charge < -0.3 is 10.2 Å². The molecule has 1 heterocycles. The van der Waals surface area contributed by atoms with Crippen molar-refractivity contribution in [3.8, 4) is 0 Å². The number of piperidine rings is 1. The van der Waals surface area contributed by atoms with Gasteiger partial charge in [0.15, 0.2) is 0 Å². The van der Waals surface area contributed by atoms with E-state index in [1.54, 1.807) is 12.2 Å². The lowest BCUT2D eigenvalue weighted by molar-refractivity contribution is -0.127. The molecule has 1 amide bonds. The minimum atomic E-state index is 0.0341. The highest BCUT2D eigenvalue weighted by molar-refractivity contribution is 6.32. The second-order valence-electron chi connectivity index (χ2n) is 4.79. The Balaban J connectivity index is 1.98. The molecule has 0 saturated carbocycles. The van der Waals surface area contributed by atoms with Gasteiger partial charge in [0.05, 0.1) is 0 Å². The Morgan fingerprint density at radius 1 is 1.37 bits per heavy atom. The molecule has 0 aromatic heterocycles. The standard InChI is InChI=1S/C15H19ClN2O/c1-18(13-8-10-17-11-9-13)15(19)7-6-12-4-2-3-5-14(12)16/h2-7,13,17H,8-11H2,1H3. The van der Waals surface area contributed by atoms with E-state index in [0.29, 0.717) is 11.1 Å². The topological polar surface area (TPSA) is 32.3 Å². The third kappa shape index (κ3) is 3.82. The summed E-state index contributed by atoms with van der Waals surface area (Å²) in [4.78, 5) is 13.9. The van der Waals surface area contributed by atoms with E-state index < -0.39 is 0 Å². The molecule has 1 aliphatic rings. The van der Waals surface area contributed by atoms with Crippen molar-refractivity contribution in [2.24, 2.45) is 0 Å². The first-order valence-electron chi connectivity index (χ1n) is 6.58. The molecule has 3 nitrogen and oxygen atoms in total. The number of carbonyl (C=O) groups excluding carboxylic acids is 1. The number of likely N-dealkylation sites (N-methyl/N-ethyl adjacent to an activating group) is 1. The van der Waals surface area contributed by atoms with E-state index in [1.165, 1.54) is 0 Å². The number of amides is 1. The molecule has 1 saturated heterocycles. The molecule has 0 aliphatic carbocycles. The number of carbonyl (C=O) groups is 1. The van der Waals surface area contributed by atoms with Crippen LogP contribution >= 0.6 is 11.6 Å². The summed E-state index contributed by atoms with van der Waals surface area (Å²) < 4.78 is 0. The van der Waals surface area contributed by atoms with Gasteiger partial charge in [0.25, 0.3) is 0 Å². The van der Waals surface area contributed by atoms with E-state index in [0.717, 1.165) is 31.5 Å². The number of halogens is 1. The molecule has 1 aromatic carbocycles. The quantitative estimate of drug-likeness (QED) is 0.862. The van der Waals surface area contributed by atoms with E-state index in [9.17, 15) is 4.79 Å². The van der Waals surface area contributed by atoms with Crippen LogP contribution in [0.4, 0.5) is 0 Å². The maximum absolute atomic E-state index is 12.1. The van der Waals surface area contributed by atoms with Crippen LogP contribution < -0.4 is 5.32 Å². The molecule has 0 unspecified atom stereocenters. The number of hydrogen-bond donors (Lipinski definition) is 1. The van der Waals surface area contributed by atoms with Crippen LogP contribution in [0.5, 0.6) is 0 Å². The van der Waals surface area contributed by atoms with Gasteiger partial charge in [-0.3, -0.25) is 4.79 Å². The summed E-state index contributed by atoms with van der Waals surface area (Å²) in [6.45, 7) is 1.97. The average Bonchev–Trinajstić information content (AvgIpc) is 2.46. The molecular formula is C15H19ClN2O. The number of nitrogens with one attached hydrogen (secondary N) is 1. The summed E-state index contributed by atoms with van der Waals surface area (Å²) >= 11 is 6.05.